The predicted octanol–water partition coefficient (Wildman–Crippen LogP) is 1.34. The Kier molecular flexibility index (Phi) is 2.83. The second-order valence-electron chi connectivity index (χ2n) is 2.13. The molecule has 1 aromatic rings. The maximum Gasteiger partial charge on any atom is 0.253 e. The number of carbonyl (C=O) groups excluding carboxylic acids is 1. The summed E-state index contributed by atoms with van der Waals surface area (Å²) in [7, 11) is 1.37. The van der Waals surface area contributed by atoms with Crippen molar-refractivity contribution in [3.63, 3.8) is 0 Å². The van der Waals surface area contributed by atoms with Gasteiger partial charge in [-0.2, -0.15) is 5.26 Å². The van der Waals surface area contributed by atoms with Gasteiger partial charge >= 0.3 is 0 Å². The van der Waals surface area contributed by atoms with Crippen LogP contribution in [-0.2, 0) is 0 Å². The van der Waals surface area contributed by atoms with Crippen molar-refractivity contribution >= 4 is 16.8 Å². The van der Waals surface area contributed by atoms with E-state index < -0.39 is 5.24 Å². The number of nitriles is 1. The van der Waals surface area contributed by atoms with Crippen molar-refractivity contribution in [1.82, 2.24) is 4.98 Å². The number of pyridine rings is 1. The summed E-state index contributed by atoms with van der Waals surface area (Å²) in [6.07, 6.45) is 1.36. The van der Waals surface area contributed by atoms with E-state index >= 15 is 0 Å². The molecule has 4 nitrogen and oxygen atoms in total. The van der Waals surface area contributed by atoms with Gasteiger partial charge in [0.1, 0.15) is 11.6 Å². The molecule has 0 spiro atoms. The van der Waals surface area contributed by atoms with Gasteiger partial charge in [-0.15, -0.1) is 0 Å². The number of hydrogen-bond acceptors (Lipinski definition) is 4. The standard InChI is InChI=1S/C8H5ClN2O2/c1-13-8-6(4-10)5(7(9)12)2-3-11-8/h2-3H,1H3. The van der Waals surface area contributed by atoms with E-state index in [1.54, 1.807) is 6.07 Å². The maximum atomic E-state index is 10.8. The fourth-order valence-corrected chi connectivity index (χ4v) is 1.03. The lowest BCUT2D eigenvalue weighted by Gasteiger charge is -2.02. The van der Waals surface area contributed by atoms with Gasteiger partial charge in [-0.1, -0.05) is 0 Å². The molecule has 0 saturated carbocycles. The van der Waals surface area contributed by atoms with Crippen LogP contribution in [0, 0.1) is 11.3 Å². The van der Waals surface area contributed by atoms with E-state index in [0.29, 0.717) is 0 Å². The van der Waals surface area contributed by atoms with E-state index in [-0.39, 0.29) is 17.0 Å². The molecule has 0 N–H and O–H groups in total. The van der Waals surface area contributed by atoms with E-state index in [9.17, 15) is 4.79 Å². The fourth-order valence-electron chi connectivity index (χ4n) is 0.869. The summed E-state index contributed by atoms with van der Waals surface area (Å²) in [5.74, 6) is 0.106. The third kappa shape index (κ3) is 1.76. The molecule has 0 aliphatic carbocycles. The lowest BCUT2D eigenvalue weighted by molar-refractivity contribution is 0.108. The lowest BCUT2D eigenvalue weighted by atomic mass is 10.1. The number of rotatable bonds is 2. The molecule has 0 saturated heterocycles. The Bertz CT molecular complexity index is 384. The van der Waals surface area contributed by atoms with Crippen molar-refractivity contribution in [3.8, 4) is 11.9 Å². The van der Waals surface area contributed by atoms with Crippen LogP contribution < -0.4 is 4.74 Å². The van der Waals surface area contributed by atoms with Gasteiger partial charge in [0.2, 0.25) is 5.88 Å². The minimum atomic E-state index is -0.697. The van der Waals surface area contributed by atoms with Gasteiger partial charge < -0.3 is 4.74 Å². The van der Waals surface area contributed by atoms with Crippen LogP contribution in [0.4, 0.5) is 0 Å². The van der Waals surface area contributed by atoms with Crippen molar-refractivity contribution in [1.29, 1.82) is 5.26 Å². The van der Waals surface area contributed by atoms with Crippen molar-refractivity contribution < 1.29 is 9.53 Å². The van der Waals surface area contributed by atoms with Gasteiger partial charge in [-0.3, -0.25) is 4.79 Å². The first kappa shape index (κ1) is 9.49. The molecule has 13 heavy (non-hydrogen) atoms. The molecule has 0 amide bonds. The van der Waals surface area contributed by atoms with Crippen molar-refractivity contribution in [2.75, 3.05) is 7.11 Å². The van der Waals surface area contributed by atoms with E-state index in [2.05, 4.69) is 4.98 Å². The summed E-state index contributed by atoms with van der Waals surface area (Å²) < 4.78 is 4.78. The third-order valence-corrected chi connectivity index (χ3v) is 1.64. The number of ether oxygens (including phenoxy) is 1. The fraction of sp³-hybridized carbons (Fsp3) is 0.125. The highest BCUT2D eigenvalue weighted by Gasteiger charge is 2.13. The number of halogens is 1. The molecule has 0 unspecified atom stereocenters. The average molecular weight is 197 g/mol. The Hall–Kier alpha value is -1.60. The summed E-state index contributed by atoms with van der Waals surface area (Å²) in [5.41, 5.74) is 0.168. The first-order valence-electron chi connectivity index (χ1n) is 3.33. The zero-order valence-corrected chi connectivity index (χ0v) is 7.50. The number of nitrogens with zero attached hydrogens (tertiary/aromatic N) is 2. The monoisotopic (exact) mass is 196 g/mol. The van der Waals surface area contributed by atoms with Crippen LogP contribution >= 0.6 is 11.6 Å². The zero-order valence-electron chi connectivity index (χ0n) is 6.74. The molecule has 0 bridgehead atoms. The lowest BCUT2D eigenvalue weighted by Crippen LogP contribution is -1.99. The molecule has 0 aliphatic rings. The molecular formula is C8H5ClN2O2. The Morgan fingerprint density at radius 1 is 1.77 bits per heavy atom. The molecule has 0 radical (unpaired) electrons. The molecule has 0 atom stereocenters. The topological polar surface area (TPSA) is 63.0 Å². The van der Waals surface area contributed by atoms with Crippen molar-refractivity contribution in [3.05, 3.63) is 23.4 Å². The van der Waals surface area contributed by atoms with Crippen LogP contribution in [0.15, 0.2) is 12.3 Å². The molecule has 1 aromatic heterocycles. The second-order valence-corrected chi connectivity index (χ2v) is 2.47. The number of hydrogen-bond donors (Lipinski definition) is 0. The maximum absolute atomic E-state index is 10.8. The smallest absolute Gasteiger partial charge is 0.253 e. The van der Waals surface area contributed by atoms with E-state index in [0.717, 1.165) is 0 Å². The van der Waals surface area contributed by atoms with Gasteiger partial charge in [-0.25, -0.2) is 4.98 Å². The number of methoxy groups -OCH3 is 1. The van der Waals surface area contributed by atoms with E-state index in [1.165, 1.54) is 19.4 Å². The summed E-state index contributed by atoms with van der Waals surface area (Å²) in [6.45, 7) is 0. The van der Waals surface area contributed by atoms with Crippen molar-refractivity contribution in [2.45, 2.75) is 0 Å². The minimum absolute atomic E-state index is 0.0602. The highest BCUT2D eigenvalue weighted by Crippen LogP contribution is 2.19. The molecule has 66 valence electrons. The van der Waals surface area contributed by atoms with Gasteiger partial charge in [-0.05, 0) is 17.7 Å². The van der Waals surface area contributed by atoms with Gasteiger partial charge in [0.15, 0.2) is 0 Å². The van der Waals surface area contributed by atoms with Crippen LogP contribution in [0.3, 0.4) is 0 Å². The van der Waals surface area contributed by atoms with Crippen LogP contribution in [0.2, 0.25) is 0 Å². The van der Waals surface area contributed by atoms with E-state index in [1.807, 2.05) is 0 Å². The molecule has 1 rings (SSSR count). The van der Waals surface area contributed by atoms with Crippen LogP contribution in [0.25, 0.3) is 0 Å². The van der Waals surface area contributed by atoms with Crippen LogP contribution in [-0.4, -0.2) is 17.3 Å². The highest BCUT2D eigenvalue weighted by molar-refractivity contribution is 6.68. The molecule has 5 heteroatoms. The SMILES string of the molecule is COc1nccc(C(=O)Cl)c1C#N. The molecule has 1 heterocycles. The van der Waals surface area contributed by atoms with Gasteiger partial charge in [0.05, 0.1) is 12.7 Å². The summed E-state index contributed by atoms with van der Waals surface area (Å²) >= 11 is 5.24. The van der Waals surface area contributed by atoms with E-state index in [4.69, 9.17) is 21.6 Å². The van der Waals surface area contributed by atoms with Crippen LogP contribution in [0.1, 0.15) is 15.9 Å². The van der Waals surface area contributed by atoms with Gasteiger partial charge in [0.25, 0.3) is 5.24 Å². The second kappa shape index (κ2) is 3.87. The Morgan fingerprint density at radius 3 is 2.92 bits per heavy atom. The average Bonchev–Trinajstić information content (AvgIpc) is 2.16. The summed E-state index contributed by atoms with van der Waals surface area (Å²) in [5, 5.41) is 8.00. The first-order chi connectivity index (χ1) is 6.20. The van der Waals surface area contributed by atoms with Gasteiger partial charge in [0, 0.05) is 6.20 Å². The number of carbonyl (C=O) groups is 1. The highest BCUT2D eigenvalue weighted by atomic mass is 35.5. The Balaban J connectivity index is 3.38. The minimum Gasteiger partial charge on any atom is -0.480 e. The molecule has 0 fully saturated rings. The van der Waals surface area contributed by atoms with Crippen molar-refractivity contribution in [2.24, 2.45) is 0 Å². The quantitative estimate of drug-likeness (QED) is 0.670. The Labute approximate surface area is 79.7 Å². The van der Waals surface area contributed by atoms with Crippen LogP contribution in [0.5, 0.6) is 5.88 Å². The normalized spacial score (nSPS) is 9.00. The third-order valence-electron chi connectivity index (χ3n) is 1.43. The zero-order chi connectivity index (χ0) is 9.84. The predicted molar refractivity (Wildman–Crippen MR) is 45.7 cm³/mol. The summed E-state index contributed by atoms with van der Waals surface area (Å²) in [4.78, 5) is 14.6. The summed E-state index contributed by atoms with van der Waals surface area (Å²) in [6, 6.07) is 3.18. The largest absolute Gasteiger partial charge is 0.480 e. The number of aromatic nitrogens is 1. The Morgan fingerprint density at radius 2 is 2.46 bits per heavy atom. The molecule has 0 aromatic carbocycles. The molecule has 0 aliphatic heterocycles. The molecular weight excluding hydrogens is 192 g/mol. The first-order valence-corrected chi connectivity index (χ1v) is 3.71.